The molecule has 0 aromatic heterocycles. The Morgan fingerprint density at radius 1 is 1.14 bits per heavy atom. The topological polar surface area (TPSA) is 203 Å². The Bertz CT molecular complexity index is 1500. The van der Waals surface area contributed by atoms with Gasteiger partial charge in [0.1, 0.15) is 22.8 Å². The molecule has 6 N–H and O–H groups in total. The first kappa shape index (κ1) is 30.1. The largest absolute Gasteiger partial charge is 0.507 e. The van der Waals surface area contributed by atoms with Crippen LogP contribution < -0.4 is 10.5 Å². The van der Waals surface area contributed by atoms with Crippen molar-refractivity contribution in [3.05, 3.63) is 51.6 Å². The number of nitrogens with two attached hydrogens (primary N) is 1. The molecule has 2 aliphatic carbocycles. The highest BCUT2D eigenvalue weighted by Crippen LogP contribution is 2.52. The molecule has 1 heterocycles. The highest BCUT2D eigenvalue weighted by atomic mass is 32.2. The normalized spacial score (nSPS) is 28.5. The van der Waals surface area contributed by atoms with Gasteiger partial charge in [0.25, 0.3) is 0 Å². The van der Waals surface area contributed by atoms with Gasteiger partial charge in [-0.15, -0.1) is 0 Å². The smallest absolute Gasteiger partial charge is 0.202 e. The molecule has 0 unspecified atom stereocenters. The van der Waals surface area contributed by atoms with Crippen molar-refractivity contribution >= 4 is 34.2 Å². The van der Waals surface area contributed by atoms with Gasteiger partial charge in [0.2, 0.25) is 5.78 Å². The van der Waals surface area contributed by atoms with Crippen LogP contribution in [0.3, 0.4) is 0 Å². The molecule has 224 valence electrons. The summed E-state index contributed by atoms with van der Waals surface area (Å²) in [5, 5.41) is 44.5. The third-order valence-electron chi connectivity index (χ3n) is 8.07. The van der Waals surface area contributed by atoms with Gasteiger partial charge in [0.05, 0.1) is 47.9 Å². The van der Waals surface area contributed by atoms with Crippen molar-refractivity contribution in [2.75, 3.05) is 12.9 Å². The monoisotopic (exact) mass is 601 g/mol. The summed E-state index contributed by atoms with van der Waals surface area (Å²) in [6, 6.07) is 3.65. The van der Waals surface area contributed by atoms with Crippen molar-refractivity contribution in [2.24, 2.45) is 5.73 Å². The van der Waals surface area contributed by atoms with Crippen molar-refractivity contribution in [1.82, 2.24) is 0 Å². The summed E-state index contributed by atoms with van der Waals surface area (Å²) in [4.78, 5) is 52.1. The number of aliphatic hydroxyl groups excluding tert-OH is 1. The zero-order valence-electron chi connectivity index (χ0n) is 23.1. The van der Waals surface area contributed by atoms with Crippen LogP contribution in [0, 0.1) is 0 Å². The molecule has 0 saturated carbocycles. The maximum absolute atomic E-state index is 13.7. The van der Waals surface area contributed by atoms with Gasteiger partial charge < -0.3 is 40.4 Å². The van der Waals surface area contributed by atoms with Gasteiger partial charge in [-0.2, -0.15) is 0 Å². The van der Waals surface area contributed by atoms with Crippen LogP contribution in [-0.2, 0) is 25.5 Å². The van der Waals surface area contributed by atoms with Crippen LogP contribution in [0.4, 0.5) is 0 Å². The van der Waals surface area contributed by atoms with Gasteiger partial charge >= 0.3 is 0 Å². The lowest BCUT2D eigenvalue weighted by Crippen LogP contribution is -2.53. The summed E-state index contributed by atoms with van der Waals surface area (Å²) in [5.41, 5.74) is 2.54. The number of rotatable bonds is 6. The number of benzene rings is 2. The van der Waals surface area contributed by atoms with E-state index in [0.29, 0.717) is 11.8 Å². The van der Waals surface area contributed by atoms with Crippen LogP contribution in [0.15, 0.2) is 18.2 Å². The first-order valence-electron chi connectivity index (χ1n) is 13.3. The highest BCUT2D eigenvalue weighted by Gasteiger charge is 2.50. The van der Waals surface area contributed by atoms with Crippen LogP contribution in [-0.4, -0.2) is 85.9 Å². The number of phenols is 2. The van der Waals surface area contributed by atoms with E-state index in [0.717, 1.165) is 0 Å². The molecule has 0 radical (unpaired) electrons. The number of ketones is 3. The summed E-state index contributed by atoms with van der Waals surface area (Å²) >= 11 is 0.696. The number of ether oxygens (including phenoxy) is 3. The molecule has 1 aliphatic heterocycles. The molecule has 13 heteroatoms. The fourth-order valence-corrected chi connectivity index (χ4v) is 6.51. The lowest BCUT2D eigenvalue weighted by Gasteiger charge is -2.42. The first-order chi connectivity index (χ1) is 19.8. The summed E-state index contributed by atoms with van der Waals surface area (Å²) in [5.74, 6) is -3.88. The Morgan fingerprint density at radius 2 is 1.83 bits per heavy atom. The van der Waals surface area contributed by atoms with E-state index in [2.05, 4.69) is 0 Å². The van der Waals surface area contributed by atoms with E-state index in [1.807, 2.05) is 0 Å². The Labute approximate surface area is 244 Å². The van der Waals surface area contributed by atoms with Gasteiger partial charge in [-0.3, -0.25) is 19.2 Å². The second-order valence-electron chi connectivity index (χ2n) is 10.8. The molecule has 1 fully saturated rings. The van der Waals surface area contributed by atoms with Crippen LogP contribution in [0.2, 0.25) is 0 Å². The molecule has 6 atom stereocenters. The van der Waals surface area contributed by atoms with Crippen molar-refractivity contribution in [3.8, 4) is 17.2 Å². The van der Waals surface area contributed by atoms with Gasteiger partial charge in [0, 0.05) is 48.9 Å². The minimum Gasteiger partial charge on any atom is -0.507 e. The van der Waals surface area contributed by atoms with Crippen molar-refractivity contribution in [2.45, 2.75) is 69.4 Å². The molecule has 12 nitrogen and oxygen atoms in total. The molecule has 42 heavy (non-hydrogen) atoms. The quantitative estimate of drug-likeness (QED) is 0.253. The van der Waals surface area contributed by atoms with Crippen LogP contribution in [0.1, 0.15) is 75.8 Å². The Kier molecular flexibility index (Phi) is 7.94. The lowest BCUT2D eigenvalue weighted by atomic mass is 9.72. The average molecular weight is 602 g/mol. The number of phenolic OH excluding ortho intramolecular Hbond substituents is 2. The molecule has 2 aromatic rings. The second kappa shape index (κ2) is 11.1. The van der Waals surface area contributed by atoms with E-state index in [1.54, 1.807) is 6.92 Å². The van der Waals surface area contributed by atoms with Crippen molar-refractivity contribution in [3.63, 3.8) is 0 Å². The molecular weight excluding hydrogens is 570 g/mol. The highest BCUT2D eigenvalue weighted by molar-refractivity contribution is 8.14. The molecule has 3 aliphatic rings. The number of hydrogen-bond donors (Lipinski definition) is 5. The van der Waals surface area contributed by atoms with E-state index >= 15 is 0 Å². The number of carbonyl (C=O) groups is 4. The molecular formula is C29H31NO11S. The van der Waals surface area contributed by atoms with Gasteiger partial charge in [-0.05, 0) is 13.0 Å². The zero-order chi connectivity index (χ0) is 30.7. The van der Waals surface area contributed by atoms with Crippen LogP contribution in [0.25, 0.3) is 0 Å². The summed E-state index contributed by atoms with van der Waals surface area (Å²) in [6.45, 7) is 2.86. The van der Waals surface area contributed by atoms with Crippen LogP contribution >= 0.6 is 11.8 Å². The predicted molar refractivity (Wildman–Crippen MR) is 148 cm³/mol. The summed E-state index contributed by atoms with van der Waals surface area (Å²) in [7, 11) is 1.33. The van der Waals surface area contributed by atoms with Crippen LogP contribution in [0.5, 0.6) is 17.2 Å². The van der Waals surface area contributed by atoms with E-state index in [-0.39, 0.29) is 45.3 Å². The van der Waals surface area contributed by atoms with E-state index in [4.69, 9.17) is 19.9 Å². The molecule has 2 aromatic carbocycles. The number of hydrogen-bond acceptors (Lipinski definition) is 13. The summed E-state index contributed by atoms with van der Waals surface area (Å²) < 4.78 is 17.2. The Balaban J connectivity index is 1.66. The maximum Gasteiger partial charge on any atom is 0.202 e. The number of Topliss-reactive ketones (excluding diaryl/α,β-unsaturated/α-hetero) is 1. The van der Waals surface area contributed by atoms with Crippen molar-refractivity contribution in [1.29, 1.82) is 0 Å². The number of carbonyl (C=O) groups excluding carboxylic acids is 4. The molecule has 0 amide bonds. The molecule has 5 rings (SSSR count). The number of methoxy groups -OCH3 is 1. The van der Waals surface area contributed by atoms with Crippen molar-refractivity contribution < 1.29 is 53.8 Å². The number of aromatic hydroxyl groups is 2. The number of fused-ring (bicyclic) bond motifs is 3. The minimum atomic E-state index is -2.18. The van der Waals surface area contributed by atoms with E-state index in [9.17, 15) is 39.6 Å². The third-order valence-corrected chi connectivity index (χ3v) is 8.88. The zero-order valence-corrected chi connectivity index (χ0v) is 23.9. The maximum atomic E-state index is 13.7. The fourth-order valence-electron chi connectivity index (χ4n) is 5.90. The third kappa shape index (κ3) is 4.89. The number of aliphatic hydroxyl groups is 2. The van der Waals surface area contributed by atoms with E-state index < -0.39 is 89.1 Å². The lowest BCUT2D eigenvalue weighted by molar-refractivity contribution is -0.247. The fraction of sp³-hybridized carbons (Fsp3) is 0.448. The molecule has 0 bridgehead atoms. The van der Waals surface area contributed by atoms with Gasteiger partial charge in [-0.25, -0.2) is 0 Å². The predicted octanol–water partition coefficient (Wildman–Crippen LogP) is 1.29. The Morgan fingerprint density at radius 3 is 2.48 bits per heavy atom. The molecule has 1 saturated heterocycles. The molecule has 0 spiro atoms. The summed E-state index contributed by atoms with van der Waals surface area (Å²) in [6.07, 6.45) is -5.05. The SMILES string of the molecule is COc1cccc2c1C(=O)c1c(O)c3c(c(O)c1C2=O)C[C@@](O)(C(=O)CSC(C)=O)C[C@H]3O[C@H]1C[C@@H](N)[C@H](O)[C@@H](C)O1. The average Bonchev–Trinajstić information content (AvgIpc) is 2.94. The standard InChI is InChI=1S/C29H31NO11S/c1-11-24(33)15(30)7-19(40-11)41-17-9-29(38,18(32)10-42-12(2)31)8-14-21(17)28(37)23-22(26(14)35)25(34)13-5-4-6-16(39-3)20(13)27(23)36/h4-6,11,15,17,19,24,33,35,37-38H,7-10,30H2,1-3H3/t11-,15-,17-,19+,24-,29+/m1/s1. The first-order valence-corrected chi connectivity index (χ1v) is 14.3. The van der Waals surface area contributed by atoms with Gasteiger partial charge in [-0.1, -0.05) is 23.9 Å². The minimum absolute atomic E-state index is 0.0174. The number of thioether (sulfide) groups is 1. The second-order valence-corrected chi connectivity index (χ2v) is 11.9. The van der Waals surface area contributed by atoms with Gasteiger partial charge in [0.15, 0.2) is 23.0 Å². The Hall–Kier alpha value is -3.33. The van der Waals surface area contributed by atoms with E-state index in [1.165, 1.54) is 32.2 Å².